The summed E-state index contributed by atoms with van der Waals surface area (Å²) in [5.41, 5.74) is 1.17. The van der Waals surface area contributed by atoms with Gasteiger partial charge in [-0.25, -0.2) is 13.1 Å². The lowest BCUT2D eigenvalue weighted by Crippen LogP contribution is -2.58. The molecule has 0 unspecified atom stereocenters. The SMILES string of the molecule is CCN1CC(=O)N[C@H]2CN(C(=O)CCNS(C)(=O)=O)CC[C@@H]2OCc2cccc(c2)Oc2cc(OC(C)C)cc(c2)C1=O. The van der Waals surface area contributed by atoms with Crippen molar-refractivity contribution in [3.05, 3.63) is 53.6 Å². The zero-order valence-corrected chi connectivity index (χ0v) is 25.8. The molecule has 3 amide bonds. The van der Waals surface area contributed by atoms with Crippen molar-refractivity contribution in [2.75, 3.05) is 39.0 Å². The van der Waals surface area contributed by atoms with Gasteiger partial charge in [0.15, 0.2) is 0 Å². The molecule has 2 heterocycles. The first-order valence-corrected chi connectivity index (χ1v) is 16.3. The van der Waals surface area contributed by atoms with Crippen molar-refractivity contribution in [3.8, 4) is 17.2 Å². The Morgan fingerprint density at radius 1 is 1.16 bits per heavy atom. The van der Waals surface area contributed by atoms with Crippen molar-refractivity contribution in [1.82, 2.24) is 19.8 Å². The lowest BCUT2D eigenvalue weighted by Gasteiger charge is -2.39. The number of nitrogens with zero attached hydrogens (tertiary/aromatic N) is 2. The summed E-state index contributed by atoms with van der Waals surface area (Å²) >= 11 is 0. The highest BCUT2D eigenvalue weighted by atomic mass is 32.2. The number of likely N-dealkylation sites (tertiary alicyclic amines) is 1. The maximum absolute atomic E-state index is 13.6. The first-order chi connectivity index (χ1) is 20.4. The van der Waals surface area contributed by atoms with Crippen molar-refractivity contribution in [3.63, 3.8) is 0 Å². The maximum atomic E-state index is 13.6. The van der Waals surface area contributed by atoms with Crippen molar-refractivity contribution in [2.45, 2.75) is 58.5 Å². The summed E-state index contributed by atoms with van der Waals surface area (Å²) in [5, 5.41) is 2.99. The first-order valence-electron chi connectivity index (χ1n) is 14.4. The molecule has 2 aliphatic rings. The predicted molar refractivity (Wildman–Crippen MR) is 159 cm³/mol. The molecule has 0 saturated carbocycles. The van der Waals surface area contributed by atoms with Crippen LogP contribution in [-0.4, -0.2) is 93.2 Å². The number of hydrogen-bond donors (Lipinski definition) is 2. The Morgan fingerprint density at radius 3 is 2.67 bits per heavy atom. The van der Waals surface area contributed by atoms with Crippen LogP contribution >= 0.6 is 0 Å². The van der Waals surface area contributed by atoms with Crippen LogP contribution in [0.1, 0.15) is 49.5 Å². The zero-order chi connectivity index (χ0) is 31.1. The summed E-state index contributed by atoms with van der Waals surface area (Å²) in [6.07, 6.45) is 0.970. The van der Waals surface area contributed by atoms with Crippen LogP contribution in [0.4, 0.5) is 0 Å². The molecule has 4 rings (SSSR count). The topological polar surface area (TPSA) is 144 Å². The van der Waals surface area contributed by atoms with E-state index in [1.807, 2.05) is 38.1 Å². The number of piperidine rings is 1. The van der Waals surface area contributed by atoms with Gasteiger partial charge in [-0.15, -0.1) is 0 Å². The number of rotatable bonds is 7. The van der Waals surface area contributed by atoms with Crippen molar-refractivity contribution < 1.29 is 37.0 Å². The van der Waals surface area contributed by atoms with Crippen LogP contribution in [0.3, 0.4) is 0 Å². The number of hydrogen-bond acceptors (Lipinski definition) is 8. The standard InChI is InChI=1S/C30H40N4O8S/c1-5-33-18-28(35)32-26-17-34(29(36)9-11-31-43(4,38)39)12-10-27(26)40-19-21-7-6-8-23(13-21)42-25-15-22(30(33)37)14-24(16-25)41-20(2)3/h6-8,13-16,20,26-27,31H,5,9-12,17-19H2,1-4H3,(H,32,35)/t26-,27-/m0/s1. The number of amides is 3. The Morgan fingerprint density at radius 2 is 1.95 bits per heavy atom. The van der Waals surface area contributed by atoms with Crippen molar-refractivity contribution in [1.29, 1.82) is 0 Å². The van der Waals surface area contributed by atoms with E-state index in [1.54, 1.807) is 30.0 Å². The molecule has 43 heavy (non-hydrogen) atoms. The molecule has 4 bridgehead atoms. The summed E-state index contributed by atoms with van der Waals surface area (Å²) in [7, 11) is -3.41. The highest BCUT2D eigenvalue weighted by Crippen LogP contribution is 2.30. The third-order valence-electron chi connectivity index (χ3n) is 7.05. The van der Waals surface area contributed by atoms with Crippen LogP contribution in [0.15, 0.2) is 42.5 Å². The molecule has 2 N–H and O–H groups in total. The van der Waals surface area contributed by atoms with E-state index in [9.17, 15) is 22.8 Å². The largest absolute Gasteiger partial charge is 0.491 e. The van der Waals surface area contributed by atoms with Gasteiger partial charge in [0.25, 0.3) is 5.91 Å². The van der Waals surface area contributed by atoms with Gasteiger partial charge < -0.3 is 29.3 Å². The molecule has 2 aromatic carbocycles. The normalized spacial score (nSPS) is 19.8. The molecule has 12 nitrogen and oxygen atoms in total. The third-order valence-corrected chi connectivity index (χ3v) is 7.78. The number of benzene rings is 2. The van der Waals surface area contributed by atoms with Crippen LogP contribution in [0, 0.1) is 0 Å². The number of likely N-dealkylation sites (N-methyl/N-ethyl adjacent to an activating group) is 1. The number of ether oxygens (including phenoxy) is 3. The van der Waals surface area contributed by atoms with Gasteiger partial charge in [-0.05, 0) is 57.0 Å². The van der Waals surface area contributed by atoms with Crippen molar-refractivity contribution in [2.24, 2.45) is 0 Å². The van der Waals surface area contributed by atoms with E-state index >= 15 is 0 Å². The van der Waals surface area contributed by atoms with E-state index in [0.717, 1.165) is 11.8 Å². The Kier molecular flexibility index (Phi) is 10.6. The second-order valence-corrected chi connectivity index (χ2v) is 12.8. The zero-order valence-electron chi connectivity index (χ0n) is 25.0. The molecule has 0 aliphatic carbocycles. The van der Waals surface area contributed by atoms with E-state index < -0.39 is 22.2 Å². The van der Waals surface area contributed by atoms with Crippen molar-refractivity contribution >= 4 is 27.7 Å². The van der Waals surface area contributed by atoms with E-state index in [2.05, 4.69) is 10.0 Å². The van der Waals surface area contributed by atoms with Crippen LogP contribution in [0.5, 0.6) is 17.2 Å². The fourth-order valence-corrected chi connectivity index (χ4v) is 5.54. The average Bonchev–Trinajstić information content (AvgIpc) is 2.93. The molecule has 1 fully saturated rings. The fourth-order valence-electron chi connectivity index (χ4n) is 5.06. The highest BCUT2D eigenvalue weighted by molar-refractivity contribution is 7.88. The van der Waals surface area contributed by atoms with Gasteiger partial charge in [-0.3, -0.25) is 14.4 Å². The molecular formula is C30H40N4O8S. The quantitative estimate of drug-likeness (QED) is 0.483. The summed E-state index contributed by atoms with van der Waals surface area (Å²) in [5.74, 6) is 0.486. The van der Waals surface area contributed by atoms with Gasteiger partial charge in [-0.2, -0.15) is 0 Å². The Balaban J connectivity index is 1.60. The van der Waals surface area contributed by atoms with E-state index in [-0.39, 0.29) is 63.0 Å². The van der Waals surface area contributed by atoms with Gasteiger partial charge in [0.05, 0.1) is 37.7 Å². The molecule has 2 aromatic rings. The second kappa shape index (κ2) is 14.2. The maximum Gasteiger partial charge on any atom is 0.254 e. The molecule has 0 spiro atoms. The van der Waals surface area contributed by atoms with E-state index in [4.69, 9.17) is 14.2 Å². The molecule has 1 saturated heterocycles. The average molecular weight is 617 g/mol. The Labute approximate surface area is 252 Å². The molecule has 0 aromatic heterocycles. The first kappa shape index (κ1) is 32.2. The summed E-state index contributed by atoms with van der Waals surface area (Å²) in [4.78, 5) is 42.8. The lowest BCUT2D eigenvalue weighted by atomic mass is 10.0. The fraction of sp³-hybridized carbons (Fsp3) is 0.500. The summed E-state index contributed by atoms with van der Waals surface area (Å²) in [6, 6.07) is 11.9. The minimum Gasteiger partial charge on any atom is -0.491 e. The molecule has 0 radical (unpaired) electrons. The highest BCUT2D eigenvalue weighted by Gasteiger charge is 2.34. The van der Waals surface area contributed by atoms with Gasteiger partial charge in [-0.1, -0.05) is 12.1 Å². The number of fused-ring (bicyclic) bond motifs is 5. The van der Waals surface area contributed by atoms with Gasteiger partial charge in [0.2, 0.25) is 21.8 Å². The Hall–Kier alpha value is -3.68. The smallest absolute Gasteiger partial charge is 0.254 e. The molecular weight excluding hydrogens is 576 g/mol. The van der Waals surface area contributed by atoms with Gasteiger partial charge in [0, 0.05) is 44.2 Å². The van der Waals surface area contributed by atoms with Gasteiger partial charge in [0.1, 0.15) is 17.2 Å². The number of nitrogens with one attached hydrogen (secondary N) is 2. The number of carbonyl (C=O) groups is 3. The third kappa shape index (κ3) is 9.40. The monoisotopic (exact) mass is 616 g/mol. The summed E-state index contributed by atoms with van der Waals surface area (Å²) < 4.78 is 43.4. The summed E-state index contributed by atoms with van der Waals surface area (Å²) in [6.45, 7) is 6.47. The number of sulfonamides is 1. The molecule has 13 heteroatoms. The van der Waals surface area contributed by atoms with Crippen LogP contribution in [-0.2, 0) is 31.0 Å². The lowest BCUT2D eigenvalue weighted by molar-refractivity contribution is -0.137. The molecule has 234 valence electrons. The number of carbonyl (C=O) groups excluding carboxylic acids is 3. The van der Waals surface area contributed by atoms with Crippen LogP contribution in [0.2, 0.25) is 0 Å². The van der Waals surface area contributed by atoms with E-state index in [1.165, 1.54) is 4.90 Å². The predicted octanol–water partition coefficient (Wildman–Crippen LogP) is 2.28. The Bertz CT molecular complexity index is 1430. The molecule has 2 atom stereocenters. The second-order valence-electron chi connectivity index (χ2n) is 11.0. The van der Waals surface area contributed by atoms with E-state index in [0.29, 0.717) is 35.8 Å². The van der Waals surface area contributed by atoms with Crippen LogP contribution < -0.4 is 19.5 Å². The minimum absolute atomic E-state index is 0.00819. The van der Waals surface area contributed by atoms with Crippen LogP contribution in [0.25, 0.3) is 0 Å². The van der Waals surface area contributed by atoms with Gasteiger partial charge >= 0.3 is 0 Å². The minimum atomic E-state index is -3.41. The molecule has 2 aliphatic heterocycles.